The van der Waals surface area contributed by atoms with E-state index in [2.05, 4.69) is 0 Å². The Bertz CT molecular complexity index is 596. The summed E-state index contributed by atoms with van der Waals surface area (Å²) in [5, 5.41) is 12.0. The second-order valence-corrected chi connectivity index (χ2v) is 3.53. The molecule has 78 valence electrons. The van der Waals surface area contributed by atoms with E-state index in [1.165, 1.54) is 9.36 Å². The van der Waals surface area contributed by atoms with Gasteiger partial charge >= 0.3 is 5.91 Å². The van der Waals surface area contributed by atoms with Crippen molar-refractivity contribution in [3.8, 4) is 0 Å². The van der Waals surface area contributed by atoms with Crippen LogP contribution in [0, 0.1) is 0 Å². The lowest BCUT2D eigenvalue weighted by molar-refractivity contribution is -0.709. The van der Waals surface area contributed by atoms with Gasteiger partial charge in [0.2, 0.25) is 6.20 Å². The van der Waals surface area contributed by atoms with Crippen LogP contribution in [-0.2, 0) is 0 Å². The molecule has 0 bridgehead atoms. The number of nitrogens with zero attached hydrogens (tertiary/aromatic N) is 2. The number of benzene rings is 1. The molecular weight excluding hydrogens is 204 g/mol. The van der Waals surface area contributed by atoms with E-state index in [1.54, 1.807) is 42.7 Å². The van der Waals surface area contributed by atoms with Crippen LogP contribution in [-0.4, -0.2) is 10.6 Å². The number of hydrogen-bond acceptors (Lipinski definition) is 2. The summed E-state index contributed by atoms with van der Waals surface area (Å²) in [6, 6.07) is 10.7. The summed E-state index contributed by atoms with van der Waals surface area (Å²) in [4.78, 5) is 12.0. The number of fused-ring (bicyclic) bond motifs is 1. The summed E-state index contributed by atoms with van der Waals surface area (Å²) in [7, 11) is 0. The first-order chi connectivity index (χ1) is 7.79. The molecule has 0 fully saturated rings. The molecule has 0 aliphatic carbocycles. The zero-order valence-electron chi connectivity index (χ0n) is 8.33. The van der Waals surface area contributed by atoms with Crippen molar-refractivity contribution in [3.05, 3.63) is 54.4 Å². The lowest BCUT2D eigenvalue weighted by atomic mass is 10.1. The molecule has 1 aliphatic rings. The van der Waals surface area contributed by atoms with E-state index in [0.29, 0.717) is 5.56 Å². The number of hydrogen-bond donors (Lipinski definition) is 0. The first-order valence-electron chi connectivity index (χ1n) is 4.90. The van der Waals surface area contributed by atoms with Gasteiger partial charge in [0.1, 0.15) is 5.57 Å². The molecule has 0 radical (unpaired) electrons. The van der Waals surface area contributed by atoms with Gasteiger partial charge in [-0.2, -0.15) is 0 Å². The van der Waals surface area contributed by atoms with E-state index in [9.17, 15) is 9.90 Å². The van der Waals surface area contributed by atoms with E-state index in [1.807, 2.05) is 6.07 Å². The third kappa shape index (κ3) is 1.04. The Kier molecular flexibility index (Phi) is 1.71. The molecular formula is C12H8N2O2. The number of allylic oxidation sites excluding steroid dienone is 1. The van der Waals surface area contributed by atoms with Gasteiger partial charge in [-0.3, -0.25) is 4.79 Å². The van der Waals surface area contributed by atoms with Crippen LogP contribution in [0.3, 0.4) is 0 Å². The highest BCUT2D eigenvalue weighted by atomic mass is 16.3. The van der Waals surface area contributed by atoms with Gasteiger partial charge < -0.3 is 5.11 Å². The van der Waals surface area contributed by atoms with Gasteiger partial charge in [0.15, 0.2) is 5.88 Å². The Morgan fingerprint density at radius 1 is 1.12 bits per heavy atom. The minimum absolute atomic E-state index is 0.223. The highest BCUT2D eigenvalue weighted by Gasteiger charge is 2.32. The first kappa shape index (κ1) is 8.91. The molecule has 0 unspecified atom stereocenters. The number of aromatic nitrogens is 2. The second-order valence-electron chi connectivity index (χ2n) is 3.53. The highest BCUT2D eigenvalue weighted by Crippen LogP contribution is 2.21. The largest absolute Gasteiger partial charge is 0.821 e. The van der Waals surface area contributed by atoms with Crippen LogP contribution in [0.25, 0.3) is 11.5 Å². The maximum atomic E-state index is 12.0. The topological polar surface area (TPSA) is 48.9 Å². The third-order valence-corrected chi connectivity index (χ3v) is 2.59. The predicted octanol–water partition coefficient (Wildman–Crippen LogP) is 0.116. The van der Waals surface area contributed by atoms with E-state index >= 15 is 0 Å². The van der Waals surface area contributed by atoms with Gasteiger partial charge in [-0.25, -0.2) is 0 Å². The molecule has 3 rings (SSSR count). The molecule has 4 nitrogen and oxygen atoms in total. The fourth-order valence-corrected chi connectivity index (χ4v) is 1.85. The SMILES string of the molecule is O=C1C(c2ccccc2)=C([O-])[n+]2cccn21. The minimum Gasteiger partial charge on any atom is -0.821 e. The molecule has 16 heavy (non-hydrogen) atoms. The molecule has 0 saturated carbocycles. The lowest BCUT2D eigenvalue weighted by Crippen LogP contribution is -2.42. The molecule has 0 N–H and O–H groups in total. The van der Waals surface area contributed by atoms with Gasteiger partial charge in [-0.1, -0.05) is 39.7 Å². The van der Waals surface area contributed by atoms with Crippen LogP contribution in [0.5, 0.6) is 0 Å². The van der Waals surface area contributed by atoms with Crippen LogP contribution in [0.1, 0.15) is 10.4 Å². The van der Waals surface area contributed by atoms with Crippen molar-refractivity contribution in [3.63, 3.8) is 0 Å². The Morgan fingerprint density at radius 3 is 2.56 bits per heavy atom. The Labute approximate surface area is 91.7 Å². The van der Waals surface area contributed by atoms with E-state index in [0.717, 1.165) is 0 Å². The third-order valence-electron chi connectivity index (χ3n) is 2.59. The number of carbonyl (C=O) groups is 1. The van der Waals surface area contributed by atoms with Crippen molar-refractivity contribution in [2.45, 2.75) is 0 Å². The van der Waals surface area contributed by atoms with Crippen molar-refractivity contribution in [2.24, 2.45) is 0 Å². The summed E-state index contributed by atoms with van der Waals surface area (Å²) < 4.78 is 2.62. The molecule has 0 saturated heterocycles. The van der Waals surface area contributed by atoms with Gasteiger partial charge in [0.25, 0.3) is 0 Å². The Hall–Kier alpha value is -2.36. The van der Waals surface area contributed by atoms with E-state index in [-0.39, 0.29) is 17.4 Å². The summed E-state index contributed by atoms with van der Waals surface area (Å²) in [5.41, 5.74) is 0.884. The highest BCUT2D eigenvalue weighted by molar-refractivity contribution is 6.25. The smallest absolute Gasteiger partial charge is 0.319 e. The number of carbonyl (C=O) groups excluding carboxylic acids is 1. The molecule has 0 spiro atoms. The Morgan fingerprint density at radius 2 is 1.88 bits per heavy atom. The Balaban J connectivity index is 2.22. The van der Waals surface area contributed by atoms with Gasteiger partial charge in [-0.15, -0.1) is 0 Å². The summed E-state index contributed by atoms with van der Waals surface area (Å²) in [6.07, 6.45) is 3.16. The molecule has 1 aromatic carbocycles. The number of rotatable bonds is 1. The van der Waals surface area contributed by atoms with Gasteiger partial charge in [-0.05, 0) is 5.56 Å². The predicted molar refractivity (Wildman–Crippen MR) is 54.8 cm³/mol. The quantitative estimate of drug-likeness (QED) is 0.630. The molecule has 1 aliphatic heterocycles. The standard InChI is InChI=1S/C12H8N2O2/c15-11-10(9-5-2-1-3-6-9)12(16)14-8-4-7-13(11)14/h1-8H. The lowest BCUT2D eigenvalue weighted by Gasteiger charge is -2.01. The summed E-state index contributed by atoms with van der Waals surface area (Å²) in [5.74, 6) is -0.553. The fraction of sp³-hybridized carbons (Fsp3) is 0. The molecule has 0 atom stereocenters. The summed E-state index contributed by atoms with van der Waals surface area (Å²) in [6.45, 7) is 0. The maximum absolute atomic E-state index is 12.0. The van der Waals surface area contributed by atoms with Crippen LogP contribution >= 0.6 is 0 Å². The van der Waals surface area contributed by atoms with Crippen molar-refractivity contribution < 1.29 is 14.6 Å². The molecule has 1 aromatic heterocycles. The van der Waals surface area contributed by atoms with Crippen molar-refractivity contribution in [2.75, 3.05) is 0 Å². The molecule has 4 heteroatoms. The fourth-order valence-electron chi connectivity index (χ4n) is 1.85. The molecule has 2 aromatic rings. The van der Waals surface area contributed by atoms with Crippen LogP contribution < -0.4 is 9.79 Å². The van der Waals surface area contributed by atoms with Gasteiger partial charge in [0, 0.05) is 6.07 Å². The van der Waals surface area contributed by atoms with Crippen LogP contribution in [0.2, 0.25) is 0 Å². The average Bonchev–Trinajstić information content (AvgIpc) is 2.86. The zero-order valence-corrected chi connectivity index (χ0v) is 8.33. The normalized spacial score (nSPS) is 14.4. The minimum atomic E-state index is -0.277. The van der Waals surface area contributed by atoms with Crippen molar-refractivity contribution in [1.29, 1.82) is 0 Å². The average molecular weight is 212 g/mol. The van der Waals surface area contributed by atoms with E-state index < -0.39 is 0 Å². The maximum Gasteiger partial charge on any atom is 0.319 e. The second kappa shape index (κ2) is 3.06. The van der Waals surface area contributed by atoms with Crippen LogP contribution in [0.4, 0.5) is 0 Å². The molecule has 0 amide bonds. The van der Waals surface area contributed by atoms with Crippen molar-refractivity contribution >= 4 is 17.4 Å². The monoisotopic (exact) mass is 212 g/mol. The van der Waals surface area contributed by atoms with Crippen LogP contribution in [0.15, 0.2) is 48.8 Å². The summed E-state index contributed by atoms with van der Waals surface area (Å²) >= 11 is 0. The van der Waals surface area contributed by atoms with Crippen molar-refractivity contribution in [1.82, 2.24) is 4.68 Å². The first-order valence-corrected chi connectivity index (χ1v) is 4.90. The van der Waals surface area contributed by atoms with E-state index in [4.69, 9.17) is 0 Å². The molecule has 2 heterocycles. The van der Waals surface area contributed by atoms with Gasteiger partial charge in [0.05, 0.1) is 6.20 Å². The zero-order chi connectivity index (χ0) is 11.1.